The summed E-state index contributed by atoms with van der Waals surface area (Å²) in [7, 11) is 0. The first kappa shape index (κ1) is 16.5. The molecule has 1 saturated heterocycles. The number of hydrogen-bond donors (Lipinski definition) is 1. The fourth-order valence-corrected chi connectivity index (χ4v) is 3.19. The van der Waals surface area contributed by atoms with E-state index in [0.29, 0.717) is 17.3 Å². The predicted octanol–water partition coefficient (Wildman–Crippen LogP) is 3.85. The van der Waals surface area contributed by atoms with Crippen LogP contribution >= 0.6 is 0 Å². The topological polar surface area (TPSA) is 69.0 Å². The minimum atomic E-state index is 0.321. The van der Waals surface area contributed by atoms with E-state index in [0.717, 1.165) is 49.3 Å². The molecule has 1 aromatic carbocycles. The summed E-state index contributed by atoms with van der Waals surface area (Å²) in [5, 5.41) is 8.08. The lowest BCUT2D eigenvalue weighted by Gasteiger charge is -2.22. The minimum absolute atomic E-state index is 0.321. The summed E-state index contributed by atoms with van der Waals surface area (Å²) in [5.74, 6) is 0.721. The van der Waals surface area contributed by atoms with Gasteiger partial charge in [-0.2, -0.15) is 5.10 Å². The average molecular weight is 348 g/mol. The van der Waals surface area contributed by atoms with Crippen molar-refractivity contribution >= 4 is 17.8 Å². The third kappa shape index (κ3) is 3.36. The van der Waals surface area contributed by atoms with Gasteiger partial charge in [0.25, 0.3) is 0 Å². The molecule has 2 aromatic heterocycles. The third-order valence-corrected chi connectivity index (χ3v) is 4.62. The van der Waals surface area contributed by atoms with Gasteiger partial charge in [0, 0.05) is 36.7 Å². The van der Waals surface area contributed by atoms with Gasteiger partial charge in [-0.1, -0.05) is 30.3 Å². The number of nitrogens with zero attached hydrogens (tertiary/aromatic N) is 3. The first-order chi connectivity index (χ1) is 12.8. The highest BCUT2D eigenvalue weighted by molar-refractivity contribution is 5.87. The summed E-state index contributed by atoms with van der Waals surface area (Å²) >= 11 is 0. The van der Waals surface area contributed by atoms with Gasteiger partial charge in [-0.05, 0) is 24.5 Å². The van der Waals surface area contributed by atoms with Crippen molar-refractivity contribution < 1.29 is 9.53 Å². The number of anilines is 2. The van der Waals surface area contributed by atoms with Crippen molar-refractivity contribution in [1.29, 1.82) is 0 Å². The van der Waals surface area contributed by atoms with Gasteiger partial charge in [0.1, 0.15) is 0 Å². The van der Waals surface area contributed by atoms with E-state index in [1.165, 1.54) is 0 Å². The Labute approximate surface area is 151 Å². The second-order valence-electron chi connectivity index (χ2n) is 6.29. The van der Waals surface area contributed by atoms with Crippen LogP contribution in [0.15, 0.2) is 55.0 Å². The van der Waals surface area contributed by atoms with Crippen LogP contribution in [0.25, 0.3) is 11.1 Å². The average Bonchev–Trinajstić information content (AvgIpc) is 3.13. The van der Waals surface area contributed by atoms with Crippen molar-refractivity contribution in [3.05, 3.63) is 60.6 Å². The van der Waals surface area contributed by atoms with Crippen LogP contribution in [0, 0.1) is 0 Å². The van der Waals surface area contributed by atoms with Crippen molar-refractivity contribution in [3.63, 3.8) is 0 Å². The molecule has 0 unspecified atom stereocenters. The fourth-order valence-electron chi connectivity index (χ4n) is 3.19. The number of benzene rings is 1. The zero-order valence-electron chi connectivity index (χ0n) is 14.3. The van der Waals surface area contributed by atoms with E-state index >= 15 is 0 Å². The summed E-state index contributed by atoms with van der Waals surface area (Å²) in [4.78, 5) is 15.4. The van der Waals surface area contributed by atoms with E-state index in [-0.39, 0.29) is 0 Å². The monoisotopic (exact) mass is 348 g/mol. The maximum Gasteiger partial charge on any atom is 0.160 e. The number of hydrogen-bond acceptors (Lipinski definition) is 5. The minimum Gasteiger partial charge on any atom is -0.381 e. The maximum atomic E-state index is 11.3. The number of carbonyl (C=O) groups is 1. The van der Waals surface area contributed by atoms with E-state index in [4.69, 9.17) is 9.84 Å². The fraction of sp³-hybridized carbons (Fsp3) is 0.250. The van der Waals surface area contributed by atoms with Gasteiger partial charge in [-0.25, -0.2) is 0 Å². The van der Waals surface area contributed by atoms with Gasteiger partial charge >= 0.3 is 0 Å². The zero-order valence-corrected chi connectivity index (χ0v) is 14.3. The second kappa shape index (κ2) is 7.49. The number of carbonyl (C=O) groups excluding carboxylic acids is 1. The van der Waals surface area contributed by atoms with E-state index in [1.807, 2.05) is 22.9 Å². The Morgan fingerprint density at radius 1 is 1.15 bits per heavy atom. The van der Waals surface area contributed by atoms with Gasteiger partial charge < -0.3 is 10.1 Å². The van der Waals surface area contributed by atoms with E-state index in [9.17, 15) is 4.79 Å². The molecule has 0 saturated carbocycles. The van der Waals surface area contributed by atoms with Crippen LogP contribution < -0.4 is 5.32 Å². The smallest absolute Gasteiger partial charge is 0.160 e. The van der Waals surface area contributed by atoms with Crippen molar-refractivity contribution in [2.24, 2.45) is 0 Å². The van der Waals surface area contributed by atoms with Gasteiger partial charge in [0.2, 0.25) is 0 Å². The molecule has 1 N–H and O–H groups in total. The Morgan fingerprint density at radius 3 is 2.73 bits per heavy atom. The van der Waals surface area contributed by atoms with Crippen LogP contribution in [0.4, 0.5) is 11.5 Å². The molecular formula is C20H20N4O2. The van der Waals surface area contributed by atoms with Crippen LogP contribution in [0.2, 0.25) is 0 Å². The second-order valence-corrected chi connectivity index (χ2v) is 6.29. The van der Waals surface area contributed by atoms with Gasteiger partial charge in [-0.15, -0.1) is 0 Å². The third-order valence-electron chi connectivity index (χ3n) is 4.62. The number of aromatic nitrogens is 3. The summed E-state index contributed by atoms with van der Waals surface area (Å²) in [6.07, 6.45) is 8.04. The van der Waals surface area contributed by atoms with E-state index in [1.54, 1.807) is 18.5 Å². The van der Waals surface area contributed by atoms with Gasteiger partial charge in [0.15, 0.2) is 12.1 Å². The van der Waals surface area contributed by atoms with Crippen molar-refractivity contribution in [2.45, 2.75) is 18.9 Å². The summed E-state index contributed by atoms with van der Waals surface area (Å²) in [6, 6.07) is 12.1. The van der Waals surface area contributed by atoms with Gasteiger partial charge in [-0.3, -0.25) is 14.5 Å². The molecule has 0 aliphatic carbocycles. The van der Waals surface area contributed by atoms with Gasteiger partial charge in [0.05, 0.1) is 17.9 Å². The van der Waals surface area contributed by atoms with Crippen LogP contribution in [-0.2, 0) is 4.74 Å². The van der Waals surface area contributed by atoms with Crippen molar-refractivity contribution in [3.8, 4) is 11.1 Å². The number of aldehydes is 1. The number of rotatable bonds is 5. The maximum absolute atomic E-state index is 11.3. The quantitative estimate of drug-likeness (QED) is 0.709. The van der Waals surface area contributed by atoms with Crippen LogP contribution in [-0.4, -0.2) is 34.3 Å². The van der Waals surface area contributed by atoms with Crippen LogP contribution in [0.3, 0.4) is 0 Å². The molecule has 1 aliphatic heterocycles. The first-order valence-corrected chi connectivity index (χ1v) is 8.73. The standard InChI is InChI=1S/C20H20N4O2/c25-14-16-6-9-21-12-19(16)22-20-18(15-4-2-1-3-5-15)13-24(23-20)17-7-10-26-11-8-17/h1-6,9,12-14,17H,7-8,10-11H2,(H,22,23). The number of ether oxygens (including phenoxy) is 1. The molecule has 1 fully saturated rings. The highest BCUT2D eigenvalue weighted by Crippen LogP contribution is 2.32. The molecule has 0 amide bonds. The summed E-state index contributed by atoms with van der Waals surface area (Å²) < 4.78 is 7.48. The molecular weight excluding hydrogens is 328 g/mol. The Hall–Kier alpha value is -2.99. The highest BCUT2D eigenvalue weighted by Gasteiger charge is 2.20. The molecule has 0 spiro atoms. The largest absolute Gasteiger partial charge is 0.381 e. The SMILES string of the molecule is O=Cc1ccncc1Nc1nn(C2CCOCC2)cc1-c1ccccc1. The molecule has 6 heteroatoms. The van der Waals surface area contributed by atoms with Crippen LogP contribution in [0.1, 0.15) is 29.2 Å². The molecule has 4 rings (SSSR count). The summed E-state index contributed by atoms with van der Waals surface area (Å²) in [5.41, 5.74) is 3.28. The van der Waals surface area contributed by atoms with Crippen molar-refractivity contribution in [2.75, 3.05) is 18.5 Å². The molecule has 0 radical (unpaired) electrons. The molecule has 0 bridgehead atoms. The lowest BCUT2D eigenvalue weighted by molar-refractivity contribution is 0.0663. The molecule has 1 aliphatic rings. The molecule has 6 nitrogen and oxygen atoms in total. The number of nitrogens with one attached hydrogen (secondary N) is 1. The lowest BCUT2D eigenvalue weighted by atomic mass is 10.1. The summed E-state index contributed by atoms with van der Waals surface area (Å²) in [6.45, 7) is 1.51. The molecule has 0 atom stereocenters. The molecule has 3 heterocycles. The van der Waals surface area contributed by atoms with Crippen LogP contribution in [0.5, 0.6) is 0 Å². The van der Waals surface area contributed by atoms with E-state index < -0.39 is 0 Å². The normalized spacial score (nSPS) is 14.9. The highest BCUT2D eigenvalue weighted by atomic mass is 16.5. The zero-order chi connectivity index (χ0) is 17.8. The Bertz CT molecular complexity index is 886. The first-order valence-electron chi connectivity index (χ1n) is 8.73. The van der Waals surface area contributed by atoms with E-state index in [2.05, 4.69) is 28.6 Å². The lowest BCUT2D eigenvalue weighted by Crippen LogP contribution is -2.20. The van der Waals surface area contributed by atoms with Crippen molar-refractivity contribution in [1.82, 2.24) is 14.8 Å². The predicted molar refractivity (Wildman–Crippen MR) is 99.7 cm³/mol. The Kier molecular flexibility index (Phi) is 4.75. The molecule has 26 heavy (non-hydrogen) atoms. The number of pyridine rings is 1. The Balaban J connectivity index is 1.74. The molecule has 3 aromatic rings. The molecule has 132 valence electrons. The Morgan fingerprint density at radius 2 is 1.96 bits per heavy atom.